The van der Waals surface area contributed by atoms with Crippen LogP contribution in [0.5, 0.6) is 0 Å². The van der Waals surface area contributed by atoms with E-state index in [1.165, 1.54) is 11.8 Å². The molecule has 0 amide bonds. The lowest BCUT2D eigenvalue weighted by Crippen LogP contribution is -2.65. The van der Waals surface area contributed by atoms with Gasteiger partial charge in [-0.1, -0.05) is 6.92 Å². The maximum absolute atomic E-state index is 12.8. The second-order valence-electron chi connectivity index (χ2n) is 13.9. The van der Waals surface area contributed by atoms with Crippen molar-refractivity contribution in [3.8, 4) is 0 Å². The van der Waals surface area contributed by atoms with Gasteiger partial charge in [-0.3, -0.25) is 14.4 Å². The van der Waals surface area contributed by atoms with Gasteiger partial charge in [0.15, 0.2) is 12.4 Å². The van der Waals surface area contributed by atoms with Gasteiger partial charge in [0.25, 0.3) is 0 Å². The highest BCUT2D eigenvalue weighted by Crippen LogP contribution is 2.36. The van der Waals surface area contributed by atoms with Crippen LogP contribution in [0, 0.1) is 16.2 Å². The summed E-state index contributed by atoms with van der Waals surface area (Å²) < 4.78 is 34.3. The molecule has 2 saturated heterocycles. The molecular formula is C29H50O13S. The Morgan fingerprint density at radius 2 is 1.14 bits per heavy atom. The lowest BCUT2D eigenvalue weighted by atomic mass is 9.95. The number of aliphatic hydroxyl groups is 4. The van der Waals surface area contributed by atoms with Crippen LogP contribution in [0.15, 0.2) is 0 Å². The predicted octanol–water partition coefficient (Wildman–Crippen LogP) is 1.15. The van der Waals surface area contributed by atoms with Gasteiger partial charge >= 0.3 is 17.9 Å². The molecule has 0 aromatic rings. The Kier molecular flexibility index (Phi) is 12.9. The monoisotopic (exact) mass is 638 g/mol. The molecule has 43 heavy (non-hydrogen) atoms. The molecule has 14 heteroatoms. The smallest absolute Gasteiger partial charge is 0.311 e. The van der Waals surface area contributed by atoms with Crippen LogP contribution in [0.4, 0.5) is 0 Å². The number of hydrogen-bond acceptors (Lipinski definition) is 14. The van der Waals surface area contributed by atoms with Crippen molar-refractivity contribution < 1.29 is 63.2 Å². The van der Waals surface area contributed by atoms with E-state index in [0.717, 1.165) is 0 Å². The van der Waals surface area contributed by atoms with Crippen molar-refractivity contribution in [2.24, 2.45) is 16.2 Å². The Morgan fingerprint density at radius 3 is 1.60 bits per heavy atom. The van der Waals surface area contributed by atoms with Crippen LogP contribution >= 0.6 is 11.8 Å². The molecule has 10 atom stereocenters. The van der Waals surface area contributed by atoms with Gasteiger partial charge in [0.1, 0.15) is 61.4 Å². The number of carbonyl (C=O) groups excluding carboxylic acids is 3. The van der Waals surface area contributed by atoms with Crippen molar-refractivity contribution in [1.82, 2.24) is 0 Å². The minimum atomic E-state index is -1.80. The predicted molar refractivity (Wildman–Crippen MR) is 155 cm³/mol. The van der Waals surface area contributed by atoms with E-state index in [-0.39, 0.29) is 6.61 Å². The molecule has 0 aromatic carbocycles. The number of carbonyl (C=O) groups is 3. The molecule has 4 N–H and O–H groups in total. The van der Waals surface area contributed by atoms with Gasteiger partial charge in [-0.15, -0.1) is 11.8 Å². The van der Waals surface area contributed by atoms with E-state index in [1.807, 2.05) is 6.92 Å². The number of hydrogen-bond donors (Lipinski definition) is 4. The Hall–Kier alpha value is -1.52. The summed E-state index contributed by atoms with van der Waals surface area (Å²) in [6.45, 7) is 15.9. The summed E-state index contributed by atoms with van der Waals surface area (Å²) in [5.74, 6) is -1.20. The molecule has 13 nitrogen and oxygen atoms in total. The highest BCUT2D eigenvalue weighted by atomic mass is 32.2. The molecule has 0 saturated carbocycles. The lowest BCUT2D eigenvalue weighted by molar-refractivity contribution is -0.339. The molecule has 0 bridgehead atoms. The quantitative estimate of drug-likeness (QED) is 0.208. The van der Waals surface area contributed by atoms with Gasteiger partial charge in [0.05, 0.1) is 16.2 Å². The van der Waals surface area contributed by atoms with E-state index >= 15 is 0 Å². The Labute approximate surface area is 257 Å². The van der Waals surface area contributed by atoms with Crippen LogP contribution in [0.3, 0.4) is 0 Å². The zero-order valence-electron chi connectivity index (χ0n) is 26.8. The zero-order chi connectivity index (χ0) is 33.1. The average Bonchev–Trinajstić information content (AvgIpc) is 2.88. The first-order valence-electron chi connectivity index (χ1n) is 14.4. The van der Waals surface area contributed by atoms with Crippen LogP contribution in [-0.4, -0.2) is 118 Å². The van der Waals surface area contributed by atoms with Crippen LogP contribution in [0.25, 0.3) is 0 Å². The molecule has 0 radical (unpaired) electrons. The van der Waals surface area contributed by atoms with Crippen molar-refractivity contribution in [2.75, 3.05) is 19.0 Å². The van der Waals surface area contributed by atoms with Gasteiger partial charge in [-0.25, -0.2) is 0 Å². The molecule has 2 fully saturated rings. The molecular weight excluding hydrogens is 588 g/mol. The summed E-state index contributed by atoms with van der Waals surface area (Å²) in [7, 11) is 0. The van der Waals surface area contributed by atoms with Crippen LogP contribution in [0.1, 0.15) is 69.2 Å². The van der Waals surface area contributed by atoms with Gasteiger partial charge < -0.3 is 48.8 Å². The fourth-order valence-corrected chi connectivity index (χ4v) is 4.95. The third-order valence-electron chi connectivity index (χ3n) is 6.75. The van der Waals surface area contributed by atoms with Gasteiger partial charge in [0, 0.05) is 0 Å². The zero-order valence-corrected chi connectivity index (χ0v) is 27.6. The number of rotatable bonds is 9. The third-order valence-corrected chi connectivity index (χ3v) is 7.79. The third kappa shape index (κ3) is 9.98. The number of aliphatic hydroxyl groups excluding tert-OH is 4. The van der Waals surface area contributed by atoms with E-state index in [2.05, 4.69) is 0 Å². The second-order valence-corrected chi connectivity index (χ2v) is 15.3. The van der Waals surface area contributed by atoms with Gasteiger partial charge in [-0.05, 0) is 68.1 Å². The van der Waals surface area contributed by atoms with E-state index in [9.17, 15) is 34.8 Å². The van der Waals surface area contributed by atoms with E-state index in [1.54, 1.807) is 62.3 Å². The minimum absolute atomic E-state index is 0.362. The Bertz CT molecular complexity index is 951. The van der Waals surface area contributed by atoms with Crippen molar-refractivity contribution >= 4 is 29.7 Å². The second kappa shape index (κ2) is 14.7. The molecule has 2 rings (SSSR count). The summed E-state index contributed by atoms with van der Waals surface area (Å²) in [5, 5.41) is 43.4. The number of thioether (sulfide) groups is 1. The van der Waals surface area contributed by atoms with Crippen molar-refractivity contribution in [1.29, 1.82) is 0 Å². The average molecular weight is 639 g/mol. The molecule has 250 valence electrons. The van der Waals surface area contributed by atoms with E-state index in [0.29, 0.717) is 5.75 Å². The fourth-order valence-electron chi connectivity index (χ4n) is 3.99. The summed E-state index contributed by atoms with van der Waals surface area (Å²) in [4.78, 5) is 37.7. The van der Waals surface area contributed by atoms with Crippen molar-refractivity contribution in [2.45, 2.75) is 130 Å². The first-order valence-corrected chi connectivity index (χ1v) is 15.5. The first kappa shape index (κ1) is 37.7. The van der Waals surface area contributed by atoms with Crippen LogP contribution in [-0.2, 0) is 42.8 Å². The Balaban J connectivity index is 2.38. The molecule has 0 spiro atoms. The SMILES string of the molecule is CCS[C@@H]1O[C@H](COC(=O)C(C)(C)C)[C@@H](O[C@@H]2O[C@H](COC(=O)C(C)(C)C)[C@H](O)[C@H](O)[C@H]2O)[C@H](O)[C@H]1OC(=O)C(C)(C)C. The molecule has 0 aliphatic carbocycles. The first-order chi connectivity index (χ1) is 19.6. The topological polar surface area (TPSA) is 188 Å². The van der Waals surface area contributed by atoms with Gasteiger partial charge in [0.2, 0.25) is 0 Å². The molecule has 2 aliphatic rings. The molecule has 2 aliphatic heterocycles. The molecule has 0 unspecified atom stereocenters. The highest BCUT2D eigenvalue weighted by molar-refractivity contribution is 7.99. The maximum Gasteiger partial charge on any atom is 0.311 e. The van der Waals surface area contributed by atoms with Gasteiger partial charge in [-0.2, -0.15) is 0 Å². The lowest BCUT2D eigenvalue weighted by Gasteiger charge is -2.47. The summed E-state index contributed by atoms with van der Waals surface area (Å²) in [6, 6.07) is 0. The number of ether oxygens (including phenoxy) is 6. The van der Waals surface area contributed by atoms with Crippen LogP contribution < -0.4 is 0 Å². The summed E-state index contributed by atoms with van der Waals surface area (Å²) >= 11 is 1.26. The van der Waals surface area contributed by atoms with E-state index < -0.39 is 101 Å². The fraction of sp³-hybridized carbons (Fsp3) is 0.897. The van der Waals surface area contributed by atoms with Crippen molar-refractivity contribution in [3.63, 3.8) is 0 Å². The summed E-state index contributed by atoms with van der Waals surface area (Å²) in [5.41, 5.74) is -3.45. The highest BCUT2D eigenvalue weighted by Gasteiger charge is 2.53. The van der Waals surface area contributed by atoms with Crippen molar-refractivity contribution in [3.05, 3.63) is 0 Å². The number of esters is 3. The largest absolute Gasteiger partial charge is 0.462 e. The normalized spacial score (nSPS) is 33.9. The summed E-state index contributed by atoms with van der Waals surface area (Å²) in [6.07, 6.45) is -13.5. The molecule has 0 aromatic heterocycles. The van der Waals surface area contributed by atoms with E-state index in [4.69, 9.17) is 28.4 Å². The van der Waals surface area contributed by atoms with Crippen LogP contribution in [0.2, 0.25) is 0 Å². The Morgan fingerprint density at radius 1 is 0.651 bits per heavy atom. The molecule has 2 heterocycles. The maximum atomic E-state index is 12.8. The standard InChI is InChI=1S/C29H50O13S/c1-11-43-23-21(42-26(36)29(8,9)10)19(33)20(15(40-23)13-38-25(35)28(5,6)7)41-22-18(32)17(31)16(30)14(39-22)12-37-24(34)27(2,3)4/h14-23,30-33H,11-13H2,1-10H3/t14-,15-,16+,17+,18-,19+,20-,21-,22+,23+/m1/s1. The minimum Gasteiger partial charge on any atom is -0.462 e.